The van der Waals surface area contributed by atoms with Crippen LogP contribution in [0.15, 0.2) is 23.1 Å². The summed E-state index contributed by atoms with van der Waals surface area (Å²) in [5.74, 6) is -0.612. The van der Waals surface area contributed by atoms with Gasteiger partial charge in [0.1, 0.15) is 5.82 Å². The lowest BCUT2D eigenvalue weighted by Gasteiger charge is -2.15. The molecule has 108 valence electrons. The molecule has 1 amide bonds. The third-order valence-corrected chi connectivity index (χ3v) is 4.28. The first-order valence-electron chi connectivity index (χ1n) is 5.90. The molecule has 0 aliphatic rings. The molecule has 1 aromatic carbocycles. The predicted octanol–water partition coefficient (Wildman–Crippen LogP) is 2.35. The van der Waals surface area contributed by atoms with Gasteiger partial charge in [0, 0.05) is 30.7 Å². The van der Waals surface area contributed by atoms with E-state index in [2.05, 4.69) is 0 Å². The highest BCUT2D eigenvalue weighted by Crippen LogP contribution is 2.18. The van der Waals surface area contributed by atoms with E-state index in [9.17, 15) is 13.4 Å². The molecule has 1 unspecified atom stereocenters. The van der Waals surface area contributed by atoms with Crippen molar-refractivity contribution in [2.75, 3.05) is 19.3 Å². The first-order valence-corrected chi connectivity index (χ1v) is 7.59. The molecule has 0 heterocycles. The van der Waals surface area contributed by atoms with Gasteiger partial charge in [-0.2, -0.15) is 5.26 Å². The van der Waals surface area contributed by atoms with Crippen LogP contribution >= 0.6 is 11.6 Å². The number of rotatable bonds is 6. The van der Waals surface area contributed by atoms with Gasteiger partial charge in [-0.05, 0) is 18.2 Å². The monoisotopic (exact) mass is 316 g/mol. The van der Waals surface area contributed by atoms with Crippen LogP contribution in [0.1, 0.15) is 12.8 Å². The topological polar surface area (TPSA) is 61.2 Å². The van der Waals surface area contributed by atoms with E-state index in [-0.39, 0.29) is 29.5 Å². The fourth-order valence-electron chi connectivity index (χ4n) is 1.45. The largest absolute Gasteiger partial charge is 0.345 e. The molecule has 0 spiro atoms. The van der Waals surface area contributed by atoms with Crippen LogP contribution in [0.4, 0.5) is 4.39 Å². The Bertz CT molecular complexity index is 560. The lowest BCUT2D eigenvalue weighted by molar-refractivity contribution is -0.129. The Labute approximate surface area is 124 Å². The van der Waals surface area contributed by atoms with Gasteiger partial charge in [-0.1, -0.05) is 11.6 Å². The summed E-state index contributed by atoms with van der Waals surface area (Å²) in [5, 5.41) is 8.34. The van der Waals surface area contributed by atoms with Gasteiger partial charge in [0.25, 0.3) is 0 Å². The zero-order chi connectivity index (χ0) is 15.1. The second-order valence-corrected chi connectivity index (χ2v) is 6.08. The summed E-state index contributed by atoms with van der Waals surface area (Å²) in [6, 6.07) is 5.79. The Morgan fingerprint density at radius 1 is 1.55 bits per heavy atom. The van der Waals surface area contributed by atoms with E-state index < -0.39 is 16.6 Å². The van der Waals surface area contributed by atoms with Crippen LogP contribution in [0.25, 0.3) is 0 Å². The van der Waals surface area contributed by atoms with E-state index in [1.807, 2.05) is 6.07 Å². The van der Waals surface area contributed by atoms with Crippen LogP contribution in [-0.2, 0) is 15.6 Å². The number of nitriles is 1. The molecular formula is C13H14ClFN2O2S. The Morgan fingerprint density at radius 2 is 2.25 bits per heavy atom. The zero-order valence-corrected chi connectivity index (χ0v) is 12.5. The van der Waals surface area contributed by atoms with Crippen molar-refractivity contribution >= 4 is 28.3 Å². The summed E-state index contributed by atoms with van der Waals surface area (Å²) < 4.78 is 24.9. The molecule has 4 nitrogen and oxygen atoms in total. The van der Waals surface area contributed by atoms with Gasteiger partial charge < -0.3 is 4.90 Å². The second-order valence-electron chi connectivity index (χ2n) is 4.10. The van der Waals surface area contributed by atoms with E-state index in [0.29, 0.717) is 11.4 Å². The van der Waals surface area contributed by atoms with Crippen molar-refractivity contribution in [3.63, 3.8) is 0 Å². The maximum absolute atomic E-state index is 13.0. The van der Waals surface area contributed by atoms with Crippen LogP contribution in [0, 0.1) is 17.1 Å². The summed E-state index contributed by atoms with van der Waals surface area (Å²) in [4.78, 5) is 13.5. The fourth-order valence-corrected chi connectivity index (χ4v) is 2.76. The number of hydrogen-bond donors (Lipinski definition) is 0. The minimum Gasteiger partial charge on any atom is -0.345 e. The van der Waals surface area contributed by atoms with Gasteiger partial charge in [-0.3, -0.25) is 9.00 Å². The maximum Gasteiger partial charge on any atom is 0.223 e. The third-order valence-electron chi connectivity index (χ3n) is 2.64. The van der Waals surface area contributed by atoms with Crippen LogP contribution in [0.5, 0.6) is 0 Å². The minimum atomic E-state index is -1.41. The Kier molecular flexibility index (Phi) is 6.62. The second kappa shape index (κ2) is 7.98. The molecule has 0 aromatic heterocycles. The van der Waals surface area contributed by atoms with E-state index >= 15 is 0 Å². The number of nitrogens with zero attached hydrogens (tertiary/aromatic N) is 2. The van der Waals surface area contributed by atoms with Gasteiger partial charge >= 0.3 is 0 Å². The molecule has 0 saturated heterocycles. The molecule has 7 heteroatoms. The van der Waals surface area contributed by atoms with Gasteiger partial charge in [0.2, 0.25) is 5.91 Å². The highest BCUT2D eigenvalue weighted by molar-refractivity contribution is 7.85. The lowest BCUT2D eigenvalue weighted by atomic mass is 10.3. The first-order chi connectivity index (χ1) is 9.45. The average molecular weight is 317 g/mol. The molecule has 20 heavy (non-hydrogen) atoms. The molecule has 0 bridgehead atoms. The highest BCUT2D eigenvalue weighted by Gasteiger charge is 2.12. The number of benzene rings is 1. The fraction of sp³-hybridized carbons (Fsp3) is 0.385. The van der Waals surface area contributed by atoms with Gasteiger partial charge in [0.05, 0.1) is 28.3 Å². The van der Waals surface area contributed by atoms with Crippen LogP contribution in [-0.4, -0.2) is 34.4 Å². The van der Waals surface area contributed by atoms with Crippen molar-refractivity contribution in [2.45, 2.75) is 17.7 Å². The molecule has 1 rings (SSSR count). The average Bonchev–Trinajstić information content (AvgIpc) is 2.44. The van der Waals surface area contributed by atoms with Crippen molar-refractivity contribution in [2.24, 2.45) is 0 Å². The molecule has 0 aliphatic carbocycles. The number of hydrogen-bond acceptors (Lipinski definition) is 3. The molecule has 1 aromatic rings. The number of carbonyl (C=O) groups is 1. The maximum atomic E-state index is 13.0. The lowest BCUT2D eigenvalue weighted by Crippen LogP contribution is -2.28. The predicted molar refractivity (Wildman–Crippen MR) is 75.2 cm³/mol. The molecule has 0 aliphatic heterocycles. The Morgan fingerprint density at radius 3 is 2.85 bits per heavy atom. The number of carbonyl (C=O) groups excluding carboxylic acids is 1. The third kappa shape index (κ3) is 4.91. The molecule has 1 atom stereocenters. The van der Waals surface area contributed by atoms with E-state index in [1.165, 1.54) is 17.0 Å². The van der Waals surface area contributed by atoms with Crippen molar-refractivity contribution in [1.29, 1.82) is 5.26 Å². The van der Waals surface area contributed by atoms with Crippen molar-refractivity contribution in [1.82, 2.24) is 4.90 Å². The summed E-state index contributed by atoms with van der Waals surface area (Å²) in [6.07, 6.45) is 0.364. The van der Waals surface area contributed by atoms with E-state index in [0.717, 1.165) is 6.07 Å². The summed E-state index contributed by atoms with van der Waals surface area (Å²) in [6.45, 7) is 0.352. The first kappa shape index (κ1) is 16.6. The summed E-state index contributed by atoms with van der Waals surface area (Å²) in [5.41, 5.74) is 0. The molecule has 0 N–H and O–H groups in total. The highest BCUT2D eigenvalue weighted by atomic mass is 35.5. The van der Waals surface area contributed by atoms with Crippen molar-refractivity contribution < 1.29 is 13.4 Å². The van der Waals surface area contributed by atoms with Crippen LogP contribution in [0.3, 0.4) is 0 Å². The smallest absolute Gasteiger partial charge is 0.223 e. The van der Waals surface area contributed by atoms with Gasteiger partial charge in [-0.25, -0.2) is 4.39 Å². The molecule has 0 radical (unpaired) electrons. The summed E-state index contributed by atoms with van der Waals surface area (Å²) >= 11 is 5.61. The Hall–Kier alpha value is -1.45. The zero-order valence-electron chi connectivity index (χ0n) is 10.9. The molecule has 0 fully saturated rings. The van der Waals surface area contributed by atoms with Crippen LogP contribution in [0.2, 0.25) is 5.02 Å². The van der Waals surface area contributed by atoms with Gasteiger partial charge in [-0.15, -0.1) is 0 Å². The van der Waals surface area contributed by atoms with E-state index in [1.54, 1.807) is 7.05 Å². The van der Waals surface area contributed by atoms with E-state index in [4.69, 9.17) is 16.9 Å². The minimum absolute atomic E-state index is 0.0895. The quantitative estimate of drug-likeness (QED) is 0.809. The van der Waals surface area contributed by atoms with Crippen molar-refractivity contribution in [3.8, 4) is 6.07 Å². The van der Waals surface area contributed by atoms with Crippen molar-refractivity contribution in [3.05, 3.63) is 29.0 Å². The molecule has 0 saturated carbocycles. The summed E-state index contributed by atoms with van der Waals surface area (Å²) in [7, 11) is 0.186. The van der Waals surface area contributed by atoms with Crippen LogP contribution < -0.4 is 0 Å². The Balaban J connectivity index is 2.53. The number of amides is 1. The van der Waals surface area contributed by atoms with Gasteiger partial charge in [0.15, 0.2) is 0 Å². The normalized spacial score (nSPS) is 11.7. The number of halogens is 2. The molecular weight excluding hydrogens is 303 g/mol. The standard InChI is InChI=1S/C13H14ClFN2O2S/c1-17(7-2-6-16)13(18)5-8-20(19)10-3-4-12(15)11(14)9-10/h3-4,9H,2,5,7-8H2,1H3. The SMILES string of the molecule is CN(CCC#N)C(=O)CCS(=O)c1ccc(F)c(Cl)c1.